The molecule has 23 heavy (non-hydrogen) atoms. The minimum Gasteiger partial charge on any atom is -0.384 e. The van der Waals surface area contributed by atoms with Gasteiger partial charge in [0.2, 0.25) is 0 Å². The van der Waals surface area contributed by atoms with Crippen LogP contribution in [0.1, 0.15) is 36.8 Å². The summed E-state index contributed by atoms with van der Waals surface area (Å²) in [5.41, 5.74) is 4.00. The topological polar surface area (TPSA) is 28.3 Å². The van der Waals surface area contributed by atoms with Crippen molar-refractivity contribution in [2.45, 2.75) is 38.1 Å². The van der Waals surface area contributed by atoms with Gasteiger partial charge in [0.1, 0.15) is 5.15 Å². The van der Waals surface area contributed by atoms with E-state index < -0.39 is 0 Å². The summed E-state index contributed by atoms with van der Waals surface area (Å²) in [5, 5.41) is 2.22. The molecular weight excluding hydrogens is 308 g/mol. The van der Waals surface area contributed by atoms with Crippen LogP contribution in [0.25, 0.3) is 10.9 Å². The number of hydrogen-bond donors (Lipinski definition) is 1. The van der Waals surface area contributed by atoms with Crippen LogP contribution in [0.2, 0.25) is 5.15 Å². The molecule has 0 amide bonds. The molecule has 2 heterocycles. The van der Waals surface area contributed by atoms with Gasteiger partial charge in [-0.15, -0.1) is 0 Å². The lowest BCUT2D eigenvalue weighted by atomic mass is 9.72. The maximum absolute atomic E-state index is 6.51. The van der Waals surface area contributed by atoms with Gasteiger partial charge in [-0.05, 0) is 48.9 Å². The second-order valence-corrected chi connectivity index (χ2v) is 7.50. The molecule has 1 aromatic heterocycles. The van der Waals surface area contributed by atoms with Crippen LogP contribution in [-0.2, 0) is 11.2 Å². The number of benzene rings is 1. The Hall–Kier alpha value is -1.03. The Labute approximate surface area is 143 Å². The largest absolute Gasteiger partial charge is 0.384 e. The van der Waals surface area contributed by atoms with E-state index >= 15 is 0 Å². The van der Waals surface area contributed by atoms with Crippen LogP contribution < -0.4 is 0 Å². The van der Waals surface area contributed by atoms with Gasteiger partial charge in [-0.1, -0.05) is 30.7 Å². The van der Waals surface area contributed by atoms with Crippen LogP contribution in [0.15, 0.2) is 18.2 Å². The molecule has 3 atom stereocenters. The summed E-state index contributed by atoms with van der Waals surface area (Å²) in [4.78, 5) is 6.06. The van der Waals surface area contributed by atoms with Crippen molar-refractivity contribution >= 4 is 22.5 Å². The molecule has 4 rings (SSSR count). The highest BCUT2D eigenvalue weighted by Crippen LogP contribution is 2.46. The maximum atomic E-state index is 6.51. The smallest absolute Gasteiger partial charge is 0.110 e. The van der Waals surface area contributed by atoms with Gasteiger partial charge in [-0.3, -0.25) is 4.90 Å². The van der Waals surface area contributed by atoms with Gasteiger partial charge in [0.25, 0.3) is 0 Å². The predicted octanol–water partition coefficient (Wildman–Crippen LogP) is 4.21. The Morgan fingerprint density at radius 2 is 2.26 bits per heavy atom. The van der Waals surface area contributed by atoms with Crippen molar-refractivity contribution in [3.63, 3.8) is 0 Å². The molecular formula is C19H25ClN2O. The van der Waals surface area contributed by atoms with Crippen molar-refractivity contribution in [1.82, 2.24) is 9.88 Å². The van der Waals surface area contributed by atoms with Gasteiger partial charge in [0, 0.05) is 36.5 Å². The quantitative estimate of drug-likeness (QED) is 0.908. The lowest BCUT2D eigenvalue weighted by Gasteiger charge is -2.47. The molecule has 3 nitrogen and oxygen atoms in total. The van der Waals surface area contributed by atoms with E-state index in [9.17, 15) is 0 Å². The minimum atomic E-state index is 0.578. The average molecular weight is 333 g/mol. The van der Waals surface area contributed by atoms with E-state index in [1.165, 1.54) is 34.9 Å². The van der Waals surface area contributed by atoms with Crippen molar-refractivity contribution in [3.8, 4) is 0 Å². The Bertz CT molecular complexity index is 711. The second kappa shape index (κ2) is 6.12. The minimum absolute atomic E-state index is 0.578. The van der Waals surface area contributed by atoms with Gasteiger partial charge >= 0.3 is 0 Å². The molecule has 124 valence electrons. The van der Waals surface area contributed by atoms with Crippen LogP contribution in [0.3, 0.4) is 0 Å². The fraction of sp³-hybridized carbons (Fsp3) is 0.579. The summed E-state index contributed by atoms with van der Waals surface area (Å²) in [6.07, 6.45) is 3.49. The number of rotatable bonds is 4. The molecule has 2 aliphatic rings. The van der Waals surface area contributed by atoms with Crippen molar-refractivity contribution in [3.05, 3.63) is 34.5 Å². The number of nitrogens with one attached hydrogen (secondary N) is 1. The molecule has 0 saturated carbocycles. The molecule has 0 bridgehead atoms. The highest BCUT2D eigenvalue weighted by Gasteiger charge is 2.41. The summed E-state index contributed by atoms with van der Waals surface area (Å²) >= 11 is 6.51. The van der Waals surface area contributed by atoms with Gasteiger partial charge in [0.15, 0.2) is 0 Å². The third kappa shape index (κ3) is 2.50. The fourth-order valence-corrected chi connectivity index (χ4v) is 5.12. The van der Waals surface area contributed by atoms with Gasteiger partial charge in [-0.2, -0.15) is 0 Å². The van der Waals surface area contributed by atoms with E-state index in [4.69, 9.17) is 16.3 Å². The summed E-state index contributed by atoms with van der Waals surface area (Å²) in [6, 6.07) is 7.20. The first-order valence-electron chi connectivity index (χ1n) is 8.74. The Morgan fingerprint density at radius 1 is 1.39 bits per heavy atom. The van der Waals surface area contributed by atoms with E-state index in [1.54, 1.807) is 0 Å². The molecule has 0 spiro atoms. The number of nitrogens with zero attached hydrogens (tertiary/aromatic N) is 1. The first-order valence-corrected chi connectivity index (χ1v) is 9.12. The van der Waals surface area contributed by atoms with Crippen LogP contribution in [0.4, 0.5) is 0 Å². The number of hydrogen-bond acceptors (Lipinski definition) is 2. The fourth-order valence-electron chi connectivity index (χ4n) is 4.84. The number of H-pyrrole nitrogens is 1. The number of aromatic nitrogens is 1. The van der Waals surface area contributed by atoms with Crippen molar-refractivity contribution in [2.75, 3.05) is 26.8 Å². The highest BCUT2D eigenvalue weighted by molar-refractivity contribution is 6.32. The first-order chi connectivity index (χ1) is 11.2. The van der Waals surface area contributed by atoms with E-state index in [1.807, 2.05) is 7.11 Å². The van der Waals surface area contributed by atoms with Crippen LogP contribution in [0.5, 0.6) is 0 Å². The number of methoxy groups -OCH3 is 1. The summed E-state index contributed by atoms with van der Waals surface area (Å²) in [7, 11) is 1.82. The monoisotopic (exact) mass is 332 g/mol. The van der Waals surface area contributed by atoms with Crippen molar-refractivity contribution in [2.24, 2.45) is 5.92 Å². The molecule has 1 fully saturated rings. The zero-order valence-corrected chi connectivity index (χ0v) is 14.7. The van der Waals surface area contributed by atoms with Gasteiger partial charge in [-0.25, -0.2) is 0 Å². The molecule has 4 heteroatoms. The molecule has 1 aliphatic heterocycles. The number of likely N-dealkylation sites (tertiary alicyclic amines) is 1. The Morgan fingerprint density at radius 3 is 3.04 bits per heavy atom. The van der Waals surface area contributed by atoms with E-state index in [-0.39, 0.29) is 0 Å². The number of piperidine rings is 1. The van der Waals surface area contributed by atoms with E-state index in [0.29, 0.717) is 17.9 Å². The number of ether oxygens (including phenoxy) is 1. The third-order valence-electron chi connectivity index (χ3n) is 5.65. The van der Waals surface area contributed by atoms with Crippen molar-refractivity contribution < 1.29 is 4.74 Å². The van der Waals surface area contributed by atoms with Crippen LogP contribution >= 0.6 is 11.6 Å². The maximum Gasteiger partial charge on any atom is 0.110 e. The first kappa shape index (κ1) is 15.5. The zero-order chi connectivity index (χ0) is 16.0. The number of aromatic amines is 1. The normalized spacial score (nSPS) is 27.3. The standard InChI is InChI=1S/C19H25ClN2O/c1-3-7-22-10-12(11-23-2)8-14-13-5-4-6-16-18(13)15(9-17(14)22)19(20)21-16/h4-6,12,14,17,21H,3,7-11H2,1-2H3/t12-,14?,17-/m1/s1. The number of fused-ring (bicyclic) bond motifs is 2. The van der Waals surface area contributed by atoms with Crippen molar-refractivity contribution in [1.29, 1.82) is 0 Å². The van der Waals surface area contributed by atoms with Gasteiger partial charge in [0.05, 0.1) is 6.61 Å². The summed E-state index contributed by atoms with van der Waals surface area (Å²) in [6.45, 7) is 5.44. The molecule has 1 N–H and O–H groups in total. The number of halogens is 1. The third-order valence-corrected chi connectivity index (χ3v) is 5.97. The molecule has 1 saturated heterocycles. The summed E-state index contributed by atoms with van der Waals surface area (Å²) in [5.74, 6) is 1.22. The van der Waals surface area contributed by atoms with Crippen LogP contribution in [0, 0.1) is 5.92 Å². The Balaban J connectivity index is 1.79. The molecule has 1 aromatic carbocycles. The zero-order valence-electron chi connectivity index (χ0n) is 13.9. The summed E-state index contributed by atoms with van der Waals surface area (Å²) < 4.78 is 5.48. The molecule has 0 radical (unpaired) electrons. The highest BCUT2D eigenvalue weighted by atomic mass is 35.5. The van der Waals surface area contributed by atoms with E-state index in [2.05, 4.69) is 35.0 Å². The Kier molecular flexibility index (Phi) is 4.12. The van der Waals surface area contributed by atoms with E-state index in [0.717, 1.165) is 31.3 Å². The molecule has 1 aliphatic carbocycles. The molecule has 2 aromatic rings. The van der Waals surface area contributed by atoms with Gasteiger partial charge < -0.3 is 9.72 Å². The average Bonchev–Trinajstić information content (AvgIpc) is 2.86. The SMILES string of the molecule is CCCN1C[C@H](COC)CC2c3cccc4[nH]c(Cl)c(c34)C[C@H]21. The molecule has 1 unspecified atom stereocenters. The second-order valence-electron chi connectivity index (χ2n) is 7.12. The van der Waals surface area contributed by atoms with Crippen LogP contribution in [-0.4, -0.2) is 42.7 Å². The lowest BCUT2D eigenvalue weighted by Crippen LogP contribution is -2.51. The predicted molar refractivity (Wildman–Crippen MR) is 95.4 cm³/mol. The lowest BCUT2D eigenvalue weighted by molar-refractivity contribution is 0.0428.